The maximum absolute atomic E-state index is 5.56. The van der Waals surface area contributed by atoms with Crippen LogP contribution in [0.4, 0.5) is 0 Å². The molecule has 2 N–H and O–H groups in total. The summed E-state index contributed by atoms with van der Waals surface area (Å²) in [5.74, 6) is 1.71. The van der Waals surface area contributed by atoms with Gasteiger partial charge in [0.1, 0.15) is 5.75 Å². The lowest BCUT2D eigenvalue weighted by atomic mass is 9.89. The first-order valence-corrected chi connectivity index (χ1v) is 8.51. The fraction of sp³-hybridized carbons (Fsp3) is 0.632. The normalized spacial score (nSPS) is 13.0. The highest BCUT2D eigenvalue weighted by molar-refractivity contribution is 14.0. The van der Waals surface area contributed by atoms with Crippen LogP contribution >= 0.6 is 24.0 Å². The summed E-state index contributed by atoms with van der Waals surface area (Å²) >= 11 is 0. The zero-order valence-corrected chi connectivity index (χ0v) is 18.7. The lowest BCUT2D eigenvalue weighted by Crippen LogP contribution is -2.45. The van der Waals surface area contributed by atoms with Gasteiger partial charge in [-0.15, -0.1) is 24.0 Å². The molecule has 25 heavy (non-hydrogen) atoms. The topological polar surface area (TPSA) is 54.9 Å². The third-order valence-electron chi connectivity index (χ3n) is 4.02. The van der Waals surface area contributed by atoms with Crippen molar-refractivity contribution < 1.29 is 9.47 Å². The molecular formula is C19H34IN3O2. The fourth-order valence-electron chi connectivity index (χ4n) is 2.44. The van der Waals surface area contributed by atoms with E-state index in [1.807, 2.05) is 12.1 Å². The highest BCUT2D eigenvalue weighted by atomic mass is 127. The fourth-order valence-corrected chi connectivity index (χ4v) is 2.44. The van der Waals surface area contributed by atoms with Crippen molar-refractivity contribution in [2.45, 2.75) is 39.7 Å². The quantitative estimate of drug-likeness (QED) is 0.268. The highest BCUT2D eigenvalue weighted by Gasteiger charge is 2.24. The molecule has 0 aliphatic rings. The number of hydrogen-bond donors (Lipinski definition) is 2. The van der Waals surface area contributed by atoms with Crippen LogP contribution in [0.5, 0.6) is 5.75 Å². The van der Waals surface area contributed by atoms with E-state index in [-0.39, 0.29) is 35.5 Å². The van der Waals surface area contributed by atoms with Crippen LogP contribution in [0.2, 0.25) is 0 Å². The highest BCUT2D eigenvalue weighted by Crippen LogP contribution is 2.20. The van der Waals surface area contributed by atoms with Gasteiger partial charge >= 0.3 is 0 Å². The molecule has 0 aromatic heterocycles. The number of methoxy groups -OCH3 is 2. The van der Waals surface area contributed by atoms with Crippen LogP contribution in [0.25, 0.3) is 0 Å². The minimum absolute atomic E-state index is 0. The number of halogens is 1. The average Bonchev–Trinajstić information content (AvgIpc) is 2.56. The number of nitrogens with one attached hydrogen (secondary N) is 2. The number of ether oxygens (including phenoxy) is 2. The minimum atomic E-state index is 0. The van der Waals surface area contributed by atoms with E-state index in [0.29, 0.717) is 0 Å². The third-order valence-corrected chi connectivity index (χ3v) is 4.02. The van der Waals surface area contributed by atoms with Crippen LogP contribution in [-0.4, -0.2) is 46.4 Å². The Morgan fingerprint density at radius 3 is 2.24 bits per heavy atom. The minimum Gasteiger partial charge on any atom is -0.497 e. The second-order valence-electron chi connectivity index (χ2n) is 6.92. The van der Waals surface area contributed by atoms with E-state index in [1.165, 1.54) is 5.56 Å². The summed E-state index contributed by atoms with van der Waals surface area (Å²) in [6, 6.07) is 8.22. The predicted molar refractivity (Wildman–Crippen MR) is 116 cm³/mol. The van der Waals surface area contributed by atoms with Crippen molar-refractivity contribution in [2.75, 3.05) is 34.4 Å². The SMILES string of the molecule is CN=C(NCCCc1ccc(OC)cc1)NCC(OC)C(C)(C)C.I. The van der Waals surface area contributed by atoms with Crippen molar-refractivity contribution in [1.29, 1.82) is 0 Å². The Labute approximate surface area is 170 Å². The van der Waals surface area contributed by atoms with Crippen molar-refractivity contribution >= 4 is 29.9 Å². The van der Waals surface area contributed by atoms with Crippen LogP contribution in [0, 0.1) is 5.41 Å². The molecule has 144 valence electrons. The summed E-state index contributed by atoms with van der Waals surface area (Å²) in [7, 11) is 5.23. The van der Waals surface area contributed by atoms with Crippen molar-refractivity contribution in [3.8, 4) is 5.75 Å². The van der Waals surface area contributed by atoms with Gasteiger partial charge in [-0.1, -0.05) is 32.9 Å². The number of nitrogens with zero attached hydrogens (tertiary/aromatic N) is 1. The molecule has 1 rings (SSSR count). The van der Waals surface area contributed by atoms with E-state index in [1.54, 1.807) is 21.3 Å². The summed E-state index contributed by atoms with van der Waals surface area (Å²) in [6.07, 6.45) is 2.20. The van der Waals surface area contributed by atoms with Gasteiger partial charge in [0.25, 0.3) is 0 Å². The lowest BCUT2D eigenvalue weighted by Gasteiger charge is -2.30. The molecule has 1 aromatic carbocycles. The number of aryl methyl sites for hydroxylation is 1. The molecule has 0 bridgehead atoms. The molecule has 1 aromatic rings. The zero-order chi connectivity index (χ0) is 18.0. The van der Waals surface area contributed by atoms with Gasteiger partial charge in [-0.3, -0.25) is 4.99 Å². The second kappa shape index (κ2) is 12.4. The molecule has 5 nitrogen and oxygen atoms in total. The lowest BCUT2D eigenvalue weighted by molar-refractivity contribution is 0.0205. The Balaban J connectivity index is 0.00000576. The molecular weight excluding hydrogens is 429 g/mol. The zero-order valence-electron chi connectivity index (χ0n) is 16.4. The van der Waals surface area contributed by atoms with Gasteiger partial charge < -0.3 is 20.1 Å². The second-order valence-corrected chi connectivity index (χ2v) is 6.92. The maximum atomic E-state index is 5.56. The van der Waals surface area contributed by atoms with Crippen LogP contribution < -0.4 is 15.4 Å². The van der Waals surface area contributed by atoms with Gasteiger partial charge in [-0.25, -0.2) is 0 Å². The predicted octanol–water partition coefficient (Wildman–Crippen LogP) is 3.47. The number of rotatable bonds is 8. The van der Waals surface area contributed by atoms with E-state index in [0.717, 1.165) is 37.6 Å². The van der Waals surface area contributed by atoms with Gasteiger partial charge in [0.15, 0.2) is 5.96 Å². The van der Waals surface area contributed by atoms with E-state index in [4.69, 9.17) is 9.47 Å². The molecule has 0 amide bonds. The van der Waals surface area contributed by atoms with Gasteiger partial charge in [0.2, 0.25) is 0 Å². The summed E-state index contributed by atoms with van der Waals surface area (Å²) < 4.78 is 10.7. The van der Waals surface area contributed by atoms with E-state index >= 15 is 0 Å². The van der Waals surface area contributed by atoms with Crippen LogP contribution in [-0.2, 0) is 11.2 Å². The van der Waals surface area contributed by atoms with E-state index in [2.05, 4.69) is 48.5 Å². The Morgan fingerprint density at radius 2 is 1.76 bits per heavy atom. The summed E-state index contributed by atoms with van der Waals surface area (Å²) in [6.45, 7) is 8.13. The molecule has 0 radical (unpaired) electrons. The smallest absolute Gasteiger partial charge is 0.191 e. The molecule has 6 heteroatoms. The number of benzene rings is 1. The number of hydrogen-bond acceptors (Lipinski definition) is 3. The van der Waals surface area contributed by atoms with Crippen molar-refractivity contribution in [3.05, 3.63) is 29.8 Å². The molecule has 0 fully saturated rings. The van der Waals surface area contributed by atoms with Crippen molar-refractivity contribution in [2.24, 2.45) is 10.4 Å². The Bertz CT molecular complexity index is 498. The van der Waals surface area contributed by atoms with Crippen LogP contribution in [0.15, 0.2) is 29.3 Å². The van der Waals surface area contributed by atoms with E-state index in [9.17, 15) is 0 Å². The van der Waals surface area contributed by atoms with Crippen LogP contribution in [0.1, 0.15) is 32.8 Å². The summed E-state index contributed by atoms with van der Waals surface area (Å²) in [4.78, 5) is 4.27. The Kier molecular flexibility index (Phi) is 11.8. The van der Waals surface area contributed by atoms with E-state index < -0.39 is 0 Å². The molecule has 0 saturated carbocycles. The van der Waals surface area contributed by atoms with Gasteiger partial charge in [0, 0.05) is 27.2 Å². The Hall–Kier alpha value is -1.02. The van der Waals surface area contributed by atoms with Gasteiger partial charge in [0.05, 0.1) is 13.2 Å². The Morgan fingerprint density at radius 1 is 1.12 bits per heavy atom. The molecule has 0 aliphatic heterocycles. The summed E-state index contributed by atoms with van der Waals surface area (Å²) in [5, 5.41) is 6.69. The molecule has 0 spiro atoms. The molecule has 0 aliphatic carbocycles. The first kappa shape index (κ1) is 24.0. The molecule has 0 heterocycles. The number of guanidine groups is 1. The number of aliphatic imine (C=N–C) groups is 1. The van der Waals surface area contributed by atoms with Crippen LogP contribution in [0.3, 0.4) is 0 Å². The first-order valence-electron chi connectivity index (χ1n) is 8.51. The monoisotopic (exact) mass is 463 g/mol. The molecule has 0 saturated heterocycles. The maximum Gasteiger partial charge on any atom is 0.191 e. The van der Waals surface area contributed by atoms with Gasteiger partial charge in [-0.05, 0) is 36.0 Å². The van der Waals surface area contributed by atoms with Gasteiger partial charge in [-0.2, -0.15) is 0 Å². The molecule has 1 atom stereocenters. The molecule has 1 unspecified atom stereocenters. The standard InChI is InChI=1S/C19H33N3O2.HI/c1-19(2,3)17(24-6)14-22-18(20-4)21-13-7-8-15-9-11-16(23-5)12-10-15;/h9-12,17H,7-8,13-14H2,1-6H3,(H2,20,21,22);1H. The van der Waals surface area contributed by atoms with Crippen molar-refractivity contribution in [1.82, 2.24) is 10.6 Å². The third kappa shape index (κ3) is 9.30. The first-order chi connectivity index (χ1) is 11.4. The largest absolute Gasteiger partial charge is 0.497 e. The van der Waals surface area contributed by atoms with Crippen molar-refractivity contribution in [3.63, 3.8) is 0 Å². The summed E-state index contributed by atoms with van der Waals surface area (Å²) in [5.41, 5.74) is 1.40. The average molecular weight is 463 g/mol.